The van der Waals surface area contributed by atoms with Gasteiger partial charge in [-0.15, -0.1) is 4.80 Å². The summed E-state index contributed by atoms with van der Waals surface area (Å²) in [5, 5.41) is 21.8. The van der Waals surface area contributed by atoms with Gasteiger partial charge < -0.3 is 10.1 Å². The van der Waals surface area contributed by atoms with E-state index in [2.05, 4.69) is 34.6 Å². The van der Waals surface area contributed by atoms with Gasteiger partial charge in [0.15, 0.2) is 0 Å². The highest BCUT2D eigenvalue weighted by atomic mass is 32.1. The molecule has 1 aliphatic carbocycles. The fourth-order valence-corrected chi connectivity index (χ4v) is 7.37. The first-order valence-corrected chi connectivity index (χ1v) is 16.4. The second-order valence-electron chi connectivity index (χ2n) is 12.5. The molecule has 1 aromatic carbocycles. The number of rotatable bonds is 10. The van der Waals surface area contributed by atoms with Crippen molar-refractivity contribution < 1.29 is 9.53 Å². The van der Waals surface area contributed by atoms with Crippen LogP contribution in [0.25, 0.3) is 15.2 Å². The minimum Gasteiger partial charge on any atom is -0.368 e. The Morgan fingerprint density at radius 3 is 2.44 bits per heavy atom. The predicted octanol–water partition coefficient (Wildman–Crippen LogP) is 4.78. The van der Waals surface area contributed by atoms with Crippen molar-refractivity contribution >= 4 is 27.5 Å². The van der Waals surface area contributed by atoms with Gasteiger partial charge in [0.2, 0.25) is 5.91 Å². The standard InChI is InChI=1S/C33H41N7O4S/c1-7-23-10-8-9-11-25(23)26(44-24-14-12-22(18-34)13-15-24)19-38-30-27(21(4)29(45-30)40-35-16-17-36-40)28(41)39(32(38)43)33(5,6)31(42)37-20(2)3/h8-11,16-17,20,22,24,26H,7,12-15,19H2,1-6H3,(H,37,42)/t22?,24?,26-/m0/s1. The molecule has 12 heteroatoms. The molecular formula is C33H41N7O4S. The number of benzene rings is 1. The highest BCUT2D eigenvalue weighted by molar-refractivity contribution is 7.21. The lowest BCUT2D eigenvalue weighted by Crippen LogP contribution is -2.56. The van der Waals surface area contributed by atoms with E-state index in [-0.39, 0.29) is 24.6 Å². The van der Waals surface area contributed by atoms with Gasteiger partial charge in [0.25, 0.3) is 5.56 Å². The van der Waals surface area contributed by atoms with Crippen molar-refractivity contribution in [2.45, 2.75) is 104 Å². The Labute approximate surface area is 266 Å². The third-order valence-electron chi connectivity index (χ3n) is 8.67. The van der Waals surface area contributed by atoms with E-state index in [9.17, 15) is 19.6 Å². The quantitative estimate of drug-likeness (QED) is 0.266. The van der Waals surface area contributed by atoms with Gasteiger partial charge in [-0.25, -0.2) is 9.36 Å². The Balaban J connectivity index is 1.72. The van der Waals surface area contributed by atoms with Crippen LogP contribution in [0.5, 0.6) is 0 Å². The zero-order valence-electron chi connectivity index (χ0n) is 26.7. The molecule has 1 amide bonds. The molecule has 0 radical (unpaired) electrons. The van der Waals surface area contributed by atoms with Crippen molar-refractivity contribution in [2.75, 3.05) is 0 Å². The predicted molar refractivity (Wildman–Crippen MR) is 174 cm³/mol. The Morgan fingerprint density at radius 2 is 1.82 bits per heavy atom. The number of carbonyl (C=O) groups excluding carboxylic acids is 1. The third kappa shape index (κ3) is 6.24. The van der Waals surface area contributed by atoms with Crippen molar-refractivity contribution in [1.82, 2.24) is 29.4 Å². The fourth-order valence-electron chi connectivity index (χ4n) is 6.15. The average Bonchev–Trinajstić information content (AvgIpc) is 3.66. The van der Waals surface area contributed by atoms with Crippen molar-refractivity contribution in [2.24, 2.45) is 5.92 Å². The number of nitrogens with one attached hydrogen (secondary N) is 1. The number of carbonyl (C=O) groups is 1. The molecule has 1 aliphatic rings. The third-order valence-corrected chi connectivity index (χ3v) is 9.95. The summed E-state index contributed by atoms with van der Waals surface area (Å²) >= 11 is 1.27. The average molecular weight is 632 g/mol. The van der Waals surface area contributed by atoms with E-state index >= 15 is 0 Å². The molecule has 3 heterocycles. The van der Waals surface area contributed by atoms with E-state index in [0.29, 0.717) is 20.8 Å². The highest BCUT2D eigenvalue weighted by Gasteiger charge is 2.37. The van der Waals surface area contributed by atoms with Crippen molar-refractivity contribution in [3.8, 4) is 11.1 Å². The van der Waals surface area contributed by atoms with Crippen molar-refractivity contribution in [3.05, 3.63) is 74.2 Å². The second-order valence-corrected chi connectivity index (χ2v) is 13.5. The van der Waals surface area contributed by atoms with Crippen molar-refractivity contribution in [3.63, 3.8) is 0 Å². The summed E-state index contributed by atoms with van der Waals surface area (Å²) in [6.07, 6.45) is 6.33. The first-order valence-electron chi connectivity index (χ1n) is 15.6. The number of aryl methyl sites for hydroxylation is 2. The Kier molecular flexibility index (Phi) is 9.41. The van der Waals surface area contributed by atoms with Gasteiger partial charge in [-0.05, 0) is 77.8 Å². The van der Waals surface area contributed by atoms with E-state index in [0.717, 1.165) is 47.8 Å². The Morgan fingerprint density at radius 1 is 1.16 bits per heavy atom. The number of thiophene rings is 1. The minimum absolute atomic E-state index is 0.0275. The summed E-state index contributed by atoms with van der Waals surface area (Å²) < 4.78 is 9.49. The minimum atomic E-state index is -1.49. The molecule has 1 atom stereocenters. The van der Waals surface area contributed by atoms with Gasteiger partial charge >= 0.3 is 5.69 Å². The summed E-state index contributed by atoms with van der Waals surface area (Å²) in [6.45, 7) is 10.9. The summed E-state index contributed by atoms with van der Waals surface area (Å²) in [7, 11) is 0. The largest absolute Gasteiger partial charge is 0.368 e. The normalized spacial score (nSPS) is 17.8. The van der Waals surface area contributed by atoms with E-state index in [4.69, 9.17) is 4.74 Å². The van der Waals surface area contributed by atoms with Crippen LogP contribution in [0.15, 0.2) is 46.2 Å². The van der Waals surface area contributed by atoms with Gasteiger partial charge in [-0.3, -0.25) is 14.2 Å². The van der Waals surface area contributed by atoms with Gasteiger partial charge in [0, 0.05) is 17.5 Å². The van der Waals surface area contributed by atoms with E-state index in [1.54, 1.807) is 30.8 Å². The summed E-state index contributed by atoms with van der Waals surface area (Å²) in [6, 6.07) is 10.2. The molecule has 0 aliphatic heterocycles. The van der Waals surface area contributed by atoms with Crippen LogP contribution in [0.4, 0.5) is 0 Å². The van der Waals surface area contributed by atoms with E-state index in [1.165, 1.54) is 16.1 Å². The fraction of sp³-hybridized carbons (Fsp3) is 0.515. The highest BCUT2D eigenvalue weighted by Crippen LogP contribution is 2.35. The van der Waals surface area contributed by atoms with Gasteiger partial charge in [0.1, 0.15) is 21.5 Å². The maximum Gasteiger partial charge on any atom is 0.333 e. The molecule has 4 aromatic rings. The monoisotopic (exact) mass is 631 g/mol. The topological polar surface area (TPSA) is 137 Å². The molecule has 1 fully saturated rings. The van der Waals surface area contributed by atoms with Crippen LogP contribution >= 0.6 is 11.3 Å². The molecule has 0 spiro atoms. The lowest BCUT2D eigenvalue weighted by atomic mass is 9.88. The van der Waals surface area contributed by atoms with Gasteiger partial charge in [-0.1, -0.05) is 42.5 Å². The lowest BCUT2D eigenvalue weighted by molar-refractivity contribution is -0.129. The molecule has 45 heavy (non-hydrogen) atoms. The van der Waals surface area contributed by atoms with Crippen LogP contribution in [0.2, 0.25) is 0 Å². The number of amides is 1. The van der Waals surface area contributed by atoms with Crippen LogP contribution in [0.3, 0.4) is 0 Å². The number of nitrogens with zero attached hydrogens (tertiary/aromatic N) is 6. The zero-order chi connectivity index (χ0) is 32.5. The van der Waals surface area contributed by atoms with E-state index < -0.39 is 28.8 Å². The van der Waals surface area contributed by atoms with Crippen LogP contribution in [0, 0.1) is 24.2 Å². The lowest BCUT2D eigenvalue weighted by Gasteiger charge is -2.32. The molecule has 0 saturated heterocycles. The van der Waals surface area contributed by atoms with Gasteiger partial charge in [0.05, 0.1) is 36.5 Å². The van der Waals surface area contributed by atoms with E-state index in [1.807, 2.05) is 39.0 Å². The van der Waals surface area contributed by atoms with Crippen LogP contribution in [-0.2, 0) is 28.0 Å². The number of aromatic nitrogens is 5. The molecule has 5 rings (SSSR count). The molecule has 0 unspecified atom stereocenters. The first-order chi connectivity index (χ1) is 21.5. The number of nitriles is 1. The molecule has 3 aromatic heterocycles. The number of hydrogen-bond donors (Lipinski definition) is 1. The SMILES string of the molecule is CCc1ccccc1[C@H](Cn1c(=O)n(C(C)(C)C(=O)NC(C)C)c(=O)c2c(C)c(-n3nccn3)sc21)OC1CCC(C#N)CC1. The summed E-state index contributed by atoms with van der Waals surface area (Å²) in [4.78, 5) is 44.2. The molecule has 238 valence electrons. The molecule has 1 N–H and O–H groups in total. The first kappa shape index (κ1) is 32.3. The number of ether oxygens (including phenoxy) is 1. The summed E-state index contributed by atoms with van der Waals surface area (Å²) in [5.74, 6) is -0.400. The van der Waals surface area contributed by atoms with Crippen LogP contribution < -0.4 is 16.6 Å². The molecule has 0 bridgehead atoms. The Hall–Kier alpha value is -4.08. The van der Waals surface area contributed by atoms with Crippen LogP contribution in [0.1, 0.15) is 83.1 Å². The van der Waals surface area contributed by atoms with Gasteiger partial charge in [-0.2, -0.15) is 15.5 Å². The molecule has 11 nitrogen and oxygen atoms in total. The Bertz CT molecular complexity index is 1840. The second kappa shape index (κ2) is 13.1. The summed E-state index contributed by atoms with van der Waals surface area (Å²) in [5.41, 5.74) is 0.0859. The zero-order valence-corrected chi connectivity index (χ0v) is 27.6. The number of hydrogen-bond acceptors (Lipinski definition) is 8. The van der Waals surface area contributed by atoms with Crippen molar-refractivity contribution in [1.29, 1.82) is 5.26 Å². The maximum absolute atomic E-state index is 14.6. The number of fused-ring (bicyclic) bond motifs is 1. The van der Waals surface area contributed by atoms with Crippen LogP contribution in [-0.4, -0.2) is 42.2 Å². The maximum atomic E-state index is 14.6. The smallest absolute Gasteiger partial charge is 0.333 e. The molecular weight excluding hydrogens is 590 g/mol. The molecule has 1 saturated carbocycles.